The summed E-state index contributed by atoms with van der Waals surface area (Å²) in [6, 6.07) is 16.5. The van der Waals surface area contributed by atoms with Gasteiger partial charge in [-0.2, -0.15) is 14.5 Å². The number of pyridine rings is 2. The molecule has 18 nitrogen and oxygen atoms in total. The molecule has 0 bridgehead atoms. The first kappa shape index (κ1) is 48.5. The van der Waals surface area contributed by atoms with Gasteiger partial charge in [-0.3, -0.25) is 9.59 Å². The third-order valence-corrected chi connectivity index (χ3v) is 15.3. The van der Waals surface area contributed by atoms with Crippen LogP contribution in [0.15, 0.2) is 73.3 Å². The molecule has 2 aromatic carbocycles. The molecule has 70 heavy (non-hydrogen) atoms. The van der Waals surface area contributed by atoms with Crippen molar-refractivity contribution in [2.24, 2.45) is 11.8 Å². The van der Waals surface area contributed by atoms with Gasteiger partial charge in [0.05, 0.1) is 44.2 Å². The second-order valence-electron chi connectivity index (χ2n) is 18.8. The van der Waals surface area contributed by atoms with E-state index < -0.39 is 10.0 Å². The predicted octanol–water partition coefficient (Wildman–Crippen LogP) is 4.93. The van der Waals surface area contributed by atoms with E-state index in [0.29, 0.717) is 57.9 Å². The third kappa shape index (κ3) is 10.3. The Labute approximate surface area is 409 Å². The summed E-state index contributed by atoms with van der Waals surface area (Å²) in [5.74, 6) is 3.49. The largest absolute Gasteiger partial charge is 0.495 e. The molecule has 0 saturated carbocycles. The third-order valence-electron chi connectivity index (χ3n) is 14.0. The number of carbonyl (C=O) groups excluding carboxylic acids is 2. The normalized spacial score (nSPS) is 19.6. The maximum atomic E-state index is 11.9. The van der Waals surface area contributed by atoms with Crippen molar-refractivity contribution in [3.05, 3.63) is 84.4 Å². The monoisotopic (exact) mass is 976 g/mol. The van der Waals surface area contributed by atoms with Gasteiger partial charge in [-0.05, 0) is 86.3 Å². The van der Waals surface area contributed by atoms with E-state index in [0.717, 1.165) is 99.2 Å². The van der Waals surface area contributed by atoms with Crippen LogP contribution in [0.3, 0.4) is 0 Å². The van der Waals surface area contributed by atoms with Gasteiger partial charge >= 0.3 is 0 Å². The molecule has 4 fully saturated rings. The second-order valence-corrected chi connectivity index (χ2v) is 20.8. The second kappa shape index (κ2) is 20.4. The molecule has 19 heteroatoms. The standard InChI is InChI=1S/C26H33N5O5S.C25H31N5O3/c1-17-14-28-31-16-21(12-24(26(17)31)36-18(2)20-13-25(32)27-15-20)19-5-6-22(23(11-19)35-3)29-7-9-30(10-8-29)37(4,33)34;1-16-13-28-30-15-20(11-23(25(16)30)33-17(2)19-12-24(31)27-14-19)18-4-5-21(22(10-18)32-3)29-8-6-26-7-9-29/h5-6,11-12,14,16,18,20H,7-10,13,15H2,1-4H3,(H,27,32);4-5,10-11,13,15,17,19,26H,6-9,12,14H2,1-3H3,(H,27,31)/t18-,20-;17-,19-/m11/s1. The molecule has 4 aliphatic heterocycles. The van der Waals surface area contributed by atoms with E-state index >= 15 is 0 Å². The van der Waals surface area contributed by atoms with Crippen LogP contribution >= 0.6 is 0 Å². The van der Waals surface area contributed by atoms with E-state index in [1.807, 2.05) is 85.8 Å². The molecule has 8 heterocycles. The minimum atomic E-state index is -3.19. The number of rotatable bonds is 13. The number of methoxy groups -OCH3 is 2. The van der Waals surface area contributed by atoms with Crippen LogP contribution in [0.25, 0.3) is 33.3 Å². The number of hydrogen-bond donors (Lipinski definition) is 3. The van der Waals surface area contributed by atoms with Gasteiger partial charge in [-0.15, -0.1) is 0 Å². The Balaban J connectivity index is 0.000000175. The quantitative estimate of drug-likeness (QED) is 0.142. The van der Waals surface area contributed by atoms with Gasteiger partial charge in [-0.1, -0.05) is 12.1 Å². The molecule has 4 atom stereocenters. The zero-order valence-corrected chi connectivity index (χ0v) is 41.8. The lowest BCUT2D eigenvalue weighted by Crippen LogP contribution is -2.48. The smallest absolute Gasteiger partial charge is 0.220 e. The topological polar surface area (TPSA) is 186 Å². The van der Waals surface area contributed by atoms with Crippen molar-refractivity contribution in [2.75, 3.05) is 95.7 Å². The number of benzene rings is 2. The summed E-state index contributed by atoms with van der Waals surface area (Å²) in [7, 11) is 0.169. The highest BCUT2D eigenvalue weighted by molar-refractivity contribution is 7.88. The summed E-state index contributed by atoms with van der Waals surface area (Å²) in [5, 5.41) is 18.2. The van der Waals surface area contributed by atoms with Crippen molar-refractivity contribution in [3.8, 4) is 45.3 Å². The lowest BCUT2D eigenvalue weighted by Gasteiger charge is -2.35. The first-order valence-corrected chi connectivity index (χ1v) is 25.9. The number of aromatic nitrogens is 4. The Bertz CT molecular complexity index is 3000. The summed E-state index contributed by atoms with van der Waals surface area (Å²) in [5.41, 5.74) is 9.86. The van der Waals surface area contributed by atoms with Crippen LogP contribution < -0.4 is 44.7 Å². The van der Waals surface area contributed by atoms with Crippen LogP contribution in [-0.4, -0.2) is 142 Å². The summed E-state index contributed by atoms with van der Waals surface area (Å²) in [4.78, 5) is 27.9. The maximum Gasteiger partial charge on any atom is 0.220 e. The number of amides is 2. The molecule has 0 aliphatic carbocycles. The Morgan fingerprint density at radius 3 is 1.44 bits per heavy atom. The van der Waals surface area contributed by atoms with Gasteiger partial charge in [0.1, 0.15) is 46.2 Å². The summed E-state index contributed by atoms with van der Waals surface area (Å²) < 4.78 is 53.4. The number of hydrogen-bond acceptors (Lipinski definition) is 13. The molecule has 0 radical (unpaired) electrons. The fourth-order valence-electron chi connectivity index (χ4n) is 9.87. The van der Waals surface area contributed by atoms with Crippen LogP contribution in [0, 0.1) is 25.7 Å². The van der Waals surface area contributed by atoms with Crippen molar-refractivity contribution in [2.45, 2.75) is 52.7 Å². The highest BCUT2D eigenvalue weighted by Gasteiger charge is 2.31. The van der Waals surface area contributed by atoms with Crippen LogP contribution in [0.4, 0.5) is 11.4 Å². The van der Waals surface area contributed by atoms with E-state index in [9.17, 15) is 18.0 Å². The van der Waals surface area contributed by atoms with Crippen LogP contribution in [-0.2, 0) is 19.6 Å². The minimum absolute atomic E-state index is 0.0600. The first-order valence-electron chi connectivity index (χ1n) is 24.0. The highest BCUT2D eigenvalue weighted by atomic mass is 32.2. The molecule has 0 spiro atoms. The van der Waals surface area contributed by atoms with Crippen molar-refractivity contribution in [1.29, 1.82) is 0 Å². The Hall–Kier alpha value is -6.57. The zero-order valence-electron chi connectivity index (χ0n) is 41.0. The highest BCUT2D eigenvalue weighted by Crippen LogP contribution is 2.39. The number of nitrogens with zero attached hydrogens (tertiary/aromatic N) is 7. The number of ether oxygens (including phenoxy) is 4. The van der Waals surface area contributed by atoms with Gasteiger partial charge in [0.15, 0.2) is 0 Å². The number of piperazine rings is 2. The van der Waals surface area contributed by atoms with Crippen molar-refractivity contribution in [3.63, 3.8) is 0 Å². The number of anilines is 2. The number of nitrogens with one attached hydrogen (secondary N) is 3. The molecule has 10 rings (SSSR count). The molecule has 3 N–H and O–H groups in total. The lowest BCUT2D eigenvalue weighted by atomic mass is 10.0. The molecule has 0 unspecified atom stereocenters. The number of carbonyl (C=O) groups is 2. The molecule has 4 aromatic heterocycles. The van der Waals surface area contributed by atoms with Crippen molar-refractivity contribution in [1.82, 2.24) is 39.5 Å². The summed E-state index contributed by atoms with van der Waals surface area (Å²) in [6.07, 6.45) is 9.64. The predicted molar refractivity (Wildman–Crippen MR) is 270 cm³/mol. The summed E-state index contributed by atoms with van der Waals surface area (Å²) in [6.45, 7) is 15.3. The Morgan fingerprint density at radius 1 is 0.614 bits per heavy atom. The fourth-order valence-corrected chi connectivity index (χ4v) is 10.7. The molecular formula is C51H64N10O8S. The van der Waals surface area contributed by atoms with Gasteiger partial charge in [0, 0.05) is 114 Å². The van der Waals surface area contributed by atoms with Crippen molar-refractivity contribution < 1.29 is 37.0 Å². The Kier molecular flexibility index (Phi) is 14.1. The number of sulfonamides is 1. The zero-order chi connectivity index (χ0) is 49.3. The van der Waals surface area contributed by atoms with E-state index in [4.69, 9.17) is 18.9 Å². The fraction of sp³-hybridized carbons (Fsp3) is 0.451. The van der Waals surface area contributed by atoms with Crippen molar-refractivity contribution >= 4 is 44.2 Å². The van der Waals surface area contributed by atoms with Crippen LogP contribution in [0.5, 0.6) is 23.0 Å². The average molecular weight is 977 g/mol. The SMILES string of the molecule is COc1cc(-c2cc(O[C@H](C)[C@H]3CNC(=O)C3)c3c(C)cnn3c2)ccc1N1CCN(S(C)(=O)=O)CC1.COc1cc(-c2cc(O[C@H](C)[C@H]3CNC(=O)C3)c3c(C)cnn3c2)ccc1N1CCNCC1. The van der Waals surface area contributed by atoms with Gasteiger partial charge in [-0.25, -0.2) is 17.4 Å². The number of aryl methyl sites for hydroxylation is 2. The molecule has 372 valence electrons. The van der Waals surface area contributed by atoms with E-state index in [2.05, 4.69) is 60.2 Å². The van der Waals surface area contributed by atoms with Gasteiger partial charge in [0.2, 0.25) is 21.8 Å². The Morgan fingerprint density at radius 2 is 1.04 bits per heavy atom. The molecule has 4 saturated heterocycles. The van der Waals surface area contributed by atoms with Crippen LogP contribution in [0.1, 0.15) is 37.8 Å². The maximum absolute atomic E-state index is 11.9. The van der Waals surface area contributed by atoms with Crippen LogP contribution in [0.2, 0.25) is 0 Å². The molecular weight excluding hydrogens is 913 g/mol. The van der Waals surface area contributed by atoms with E-state index in [1.165, 1.54) is 10.6 Å². The van der Waals surface area contributed by atoms with E-state index in [-0.39, 0.29) is 35.9 Å². The molecule has 6 aromatic rings. The first-order chi connectivity index (χ1) is 33.7. The molecule has 2 amide bonds. The van der Waals surface area contributed by atoms with E-state index in [1.54, 1.807) is 14.2 Å². The average Bonchev–Trinajstić information content (AvgIpc) is 4.19. The van der Waals surface area contributed by atoms with Gasteiger partial charge < -0.3 is 44.7 Å². The molecule has 4 aliphatic rings. The van der Waals surface area contributed by atoms with Gasteiger partial charge in [0.25, 0.3) is 0 Å². The lowest BCUT2D eigenvalue weighted by molar-refractivity contribution is -0.120. The summed E-state index contributed by atoms with van der Waals surface area (Å²) >= 11 is 0. The number of fused-ring (bicyclic) bond motifs is 2. The minimum Gasteiger partial charge on any atom is -0.495 e.